The fourth-order valence-corrected chi connectivity index (χ4v) is 2.62. The molecule has 0 spiro atoms. The monoisotopic (exact) mass is 240 g/mol. The lowest BCUT2D eigenvalue weighted by molar-refractivity contribution is 0.103. The van der Waals surface area contributed by atoms with Crippen LogP contribution in [0.1, 0.15) is 19.5 Å². The van der Waals surface area contributed by atoms with Crippen molar-refractivity contribution in [1.82, 2.24) is 14.8 Å². The van der Waals surface area contributed by atoms with Crippen molar-refractivity contribution in [3.63, 3.8) is 0 Å². The van der Waals surface area contributed by atoms with Gasteiger partial charge in [0.25, 0.3) is 0 Å². The summed E-state index contributed by atoms with van der Waals surface area (Å²) < 4.78 is 0. The number of hydrogen-bond donors (Lipinski definition) is 1. The highest BCUT2D eigenvalue weighted by Crippen LogP contribution is 2.14. The zero-order valence-corrected chi connectivity index (χ0v) is 10.8. The molecule has 0 aliphatic carbocycles. The predicted octanol–water partition coefficient (Wildman–Crippen LogP) is 1.25. The van der Waals surface area contributed by atoms with Crippen molar-refractivity contribution in [1.29, 1.82) is 0 Å². The first-order valence-electron chi connectivity index (χ1n) is 5.81. The number of nitrogens with two attached hydrogens (primary N) is 1. The second-order valence-corrected chi connectivity index (χ2v) is 5.47. The average molecular weight is 240 g/mol. The topological polar surface area (TPSA) is 45.4 Å². The number of thiazole rings is 1. The average Bonchev–Trinajstić information content (AvgIpc) is 2.65. The summed E-state index contributed by atoms with van der Waals surface area (Å²) in [7, 11) is 0. The molecule has 0 aromatic carbocycles. The van der Waals surface area contributed by atoms with Crippen molar-refractivity contribution in [2.24, 2.45) is 0 Å². The first-order valence-corrected chi connectivity index (χ1v) is 6.69. The van der Waals surface area contributed by atoms with E-state index in [1.807, 2.05) is 0 Å². The van der Waals surface area contributed by atoms with Crippen LogP contribution < -0.4 is 5.73 Å². The molecule has 1 saturated heterocycles. The van der Waals surface area contributed by atoms with Gasteiger partial charge in [0.15, 0.2) is 5.13 Å². The number of piperazine rings is 1. The van der Waals surface area contributed by atoms with Crippen LogP contribution in [0.2, 0.25) is 0 Å². The lowest BCUT2D eigenvalue weighted by Crippen LogP contribution is -2.48. The fraction of sp³-hybridized carbons (Fsp3) is 0.727. The van der Waals surface area contributed by atoms with Gasteiger partial charge in [0.05, 0.1) is 5.69 Å². The smallest absolute Gasteiger partial charge is 0.180 e. The third-order valence-electron chi connectivity index (χ3n) is 3.09. The molecule has 0 radical (unpaired) electrons. The Morgan fingerprint density at radius 3 is 2.56 bits per heavy atom. The number of anilines is 1. The van der Waals surface area contributed by atoms with Gasteiger partial charge < -0.3 is 5.73 Å². The largest absolute Gasteiger partial charge is 0.375 e. The van der Waals surface area contributed by atoms with E-state index in [-0.39, 0.29) is 0 Å². The van der Waals surface area contributed by atoms with Gasteiger partial charge in [0.1, 0.15) is 0 Å². The van der Waals surface area contributed by atoms with Gasteiger partial charge in [-0.05, 0) is 13.8 Å². The maximum atomic E-state index is 5.63. The van der Waals surface area contributed by atoms with Crippen molar-refractivity contribution >= 4 is 16.5 Å². The zero-order chi connectivity index (χ0) is 11.5. The lowest BCUT2D eigenvalue weighted by Gasteiger charge is -2.36. The van der Waals surface area contributed by atoms with Crippen LogP contribution in [0.25, 0.3) is 0 Å². The van der Waals surface area contributed by atoms with E-state index in [0.29, 0.717) is 11.2 Å². The second kappa shape index (κ2) is 5.12. The van der Waals surface area contributed by atoms with Gasteiger partial charge in [-0.2, -0.15) is 0 Å². The molecule has 16 heavy (non-hydrogen) atoms. The van der Waals surface area contributed by atoms with E-state index < -0.39 is 0 Å². The van der Waals surface area contributed by atoms with E-state index in [1.165, 1.54) is 11.3 Å². The van der Waals surface area contributed by atoms with Crippen LogP contribution in [-0.2, 0) is 6.54 Å². The summed E-state index contributed by atoms with van der Waals surface area (Å²) >= 11 is 1.53. The molecule has 1 fully saturated rings. The van der Waals surface area contributed by atoms with Crippen LogP contribution >= 0.6 is 11.3 Å². The summed E-state index contributed by atoms with van der Waals surface area (Å²) in [5.41, 5.74) is 6.74. The van der Waals surface area contributed by atoms with Gasteiger partial charge in [-0.25, -0.2) is 4.98 Å². The molecule has 1 aromatic heterocycles. The van der Waals surface area contributed by atoms with Gasteiger partial charge in [-0.1, -0.05) is 0 Å². The first-order chi connectivity index (χ1) is 7.65. The van der Waals surface area contributed by atoms with Crippen molar-refractivity contribution < 1.29 is 0 Å². The summed E-state index contributed by atoms with van der Waals surface area (Å²) in [6, 6.07) is 0.664. The molecule has 0 unspecified atom stereocenters. The van der Waals surface area contributed by atoms with Gasteiger partial charge in [-0.15, -0.1) is 11.3 Å². The van der Waals surface area contributed by atoms with Crippen LogP contribution in [0, 0.1) is 0 Å². The standard InChI is InChI=1S/C11H20N4S/c1-9(2)15-5-3-14(4-6-15)7-10-8-16-11(12)13-10/h8-9H,3-7H2,1-2H3,(H2,12,13). The Bertz CT molecular complexity index is 328. The van der Waals surface area contributed by atoms with Crippen LogP contribution in [0.15, 0.2) is 5.38 Å². The number of hydrogen-bond acceptors (Lipinski definition) is 5. The Morgan fingerprint density at radius 2 is 2.06 bits per heavy atom. The zero-order valence-electron chi connectivity index (χ0n) is 10.0. The maximum Gasteiger partial charge on any atom is 0.180 e. The lowest BCUT2D eigenvalue weighted by atomic mass is 10.2. The number of nitrogens with zero attached hydrogens (tertiary/aromatic N) is 3. The highest BCUT2D eigenvalue weighted by molar-refractivity contribution is 7.13. The molecule has 0 amide bonds. The third-order valence-corrected chi connectivity index (χ3v) is 3.81. The summed E-state index contributed by atoms with van der Waals surface area (Å²) in [5, 5.41) is 2.74. The summed E-state index contributed by atoms with van der Waals surface area (Å²) in [6.45, 7) is 10.1. The summed E-state index contributed by atoms with van der Waals surface area (Å²) in [5.74, 6) is 0. The summed E-state index contributed by atoms with van der Waals surface area (Å²) in [4.78, 5) is 9.27. The van der Waals surface area contributed by atoms with Crippen molar-refractivity contribution in [3.8, 4) is 0 Å². The molecule has 90 valence electrons. The number of rotatable bonds is 3. The van der Waals surface area contributed by atoms with E-state index in [9.17, 15) is 0 Å². The quantitative estimate of drug-likeness (QED) is 0.864. The molecule has 5 heteroatoms. The van der Waals surface area contributed by atoms with Gasteiger partial charge in [-0.3, -0.25) is 9.80 Å². The van der Waals surface area contributed by atoms with Crippen molar-refractivity contribution in [2.45, 2.75) is 26.4 Å². The molecule has 2 heterocycles. The molecule has 0 saturated carbocycles. The predicted molar refractivity (Wildman–Crippen MR) is 68.5 cm³/mol. The fourth-order valence-electron chi connectivity index (χ4n) is 2.06. The molecule has 1 aliphatic rings. The SMILES string of the molecule is CC(C)N1CCN(Cc2csc(N)n2)CC1. The molecule has 1 aliphatic heterocycles. The first kappa shape index (κ1) is 11.8. The minimum Gasteiger partial charge on any atom is -0.375 e. The molecule has 2 rings (SSSR count). The molecular formula is C11H20N4S. The Labute approximate surface area is 101 Å². The van der Waals surface area contributed by atoms with E-state index in [0.717, 1.165) is 38.4 Å². The molecule has 0 atom stereocenters. The second-order valence-electron chi connectivity index (χ2n) is 4.58. The molecule has 1 aromatic rings. The van der Waals surface area contributed by atoms with E-state index in [2.05, 4.69) is 34.0 Å². The Balaban J connectivity index is 1.81. The molecular weight excluding hydrogens is 220 g/mol. The number of aromatic nitrogens is 1. The van der Waals surface area contributed by atoms with Gasteiger partial charge >= 0.3 is 0 Å². The Morgan fingerprint density at radius 1 is 1.38 bits per heavy atom. The van der Waals surface area contributed by atoms with E-state index in [1.54, 1.807) is 0 Å². The van der Waals surface area contributed by atoms with Crippen LogP contribution in [0.5, 0.6) is 0 Å². The summed E-state index contributed by atoms with van der Waals surface area (Å²) in [6.07, 6.45) is 0. The Kier molecular flexibility index (Phi) is 3.78. The van der Waals surface area contributed by atoms with Crippen molar-refractivity contribution in [2.75, 3.05) is 31.9 Å². The van der Waals surface area contributed by atoms with E-state index >= 15 is 0 Å². The normalized spacial score (nSPS) is 19.4. The minimum absolute atomic E-state index is 0.664. The molecule has 2 N–H and O–H groups in total. The highest BCUT2D eigenvalue weighted by Gasteiger charge is 2.19. The van der Waals surface area contributed by atoms with Gasteiger partial charge in [0, 0.05) is 44.1 Å². The van der Waals surface area contributed by atoms with Crippen LogP contribution in [-0.4, -0.2) is 47.0 Å². The maximum absolute atomic E-state index is 5.63. The Hall–Kier alpha value is -0.650. The highest BCUT2D eigenvalue weighted by atomic mass is 32.1. The van der Waals surface area contributed by atoms with Crippen molar-refractivity contribution in [3.05, 3.63) is 11.1 Å². The molecule has 4 nitrogen and oxygen atoms in total. The minimum atomic E-state index is 0.664. The number of nitrogen functional groups attached to an aromatic ring is 1. The van der Waals surface area contributed by atoms with Crippen LogP contribution in [0.3, 0.4) is 0 Å². The third kappa shape index (κ3) is 2.93. The van der Waals surface area contributed by atoms with Crippen LogP contribution in [0.4, 0.5) is 5.13 Å². The van der Waals surface area contributed by atoms with E-state index in [4.69, 9.17) is 5.73 Å². The molecule has 0 bridgehead atoms. The van der Waals surface area contributed by atoms with Gasteiger partial charge in [0.2, 0.25) is 0 Å².